The fourth-order valence-corrected chi connectivity index (χ4v) is 4.75. The van der Waals surface area contributed by atoms with Crippen LogP contribution >= 0.6 is 0 Å². The number of anilines is 1. The lowest BCUT2D eigenvalue weighted by atomic mass is 9.93. The van der Waals surface area contributed by atoms with Crippen molar-refractivity contribution in [3.05, 3.63) is 89.0 Å². The average molecular weight is 500 g/mol. The van der Waals surface area contributed by atoms with Crippen LogP contribution in [0.1, 0.15) is 36.1 Å². The standard InChI is InChI=1S/C29H25NO7/c1-17(31)37-23-10-3-6-19(15-23)26-25(27(32)20-11-12-24-18(14-20)7-5-13-36-24)28(33)29(34)30(26)21-8-4-9-22(16-21)35-2/h3-4,6,8-12,14-16,26,32H,5,7,13H2,1-2H3/b27-25-. The third kappa shape index (κ3) is 4.53. The molecular formula is C29H25NO7. The highest BCUT2D eigenvalue weighted by Gasteiger charge is 2.47. The van der Waals surface area contributed by atoms with Crippen LogP contribution in [0.25, 0.3) is 5.76 Å². The normalized spacial score (nSPS) is 18.2. The number of carbonyl (C=O) groups excluding carboxylic acids is 3. The van der Waals surface area contributed by atoms with Crippen molar-refractivity contribution >= 4 is 29.1 Å². The minimum absolute atomic E-state index is 0.0653. The van der Waals surface area contributed by atoms with Gasteiger partial charge in [-0.2, -0.15) is 0 Å². The first-order valence-corrected chi connectivity index (χ1v) is 11.9. The van der Waals surface area contributed by atoms with E-state index in [1.54, 1.807) is 66.7 Å². The van der Waals surface area contributed by atoms with Gasteiger partial charge in [-0.1, -0.05) is 18.2 Å². The van der Waals surface area contributed by atoms with Crippen molar-refractivity contribution in [2.75, 3.05) is 18.6 Å². The van der Waals surface area contributed by atoms with Crippen LogP contribution in [0, 0.1) is 0 Å². The second-order valence-corrected chi connectivity index (χ2v) is 8.81. The molecule has 2 aliphatic heterocycles. The third-order valence-corrected chi connectivity index (χ3v) is 6.39. The predicted octanol–water partition coefficient (Wildman–Crippen LogP) is 4.57. The molecule has 0 saturated carbocycles. The van der Waals surface area contributed by atoms with E-state index < -0.39 is 23.7 Å². The fraction of sp³-hybridized carbons (Fsp3) is 0.207. The number of benzene rings is 3. The lowest BCUT2D eigenvalue weighted by molar-refractivity contribution is -0.132. The SMILES string of the molecule is COc1cccc(N2C(=O)C(=O)/C(=C(\O)c3ccc4c(c3)CCCO4)C2c2cccc(OC(C)=O)c2)c1. The number of amides is 1. The molecule has 8 heteroatoms. The van der Waals surface area contributed by atoms with Gasteiger partial charge in [-0.3, -0.25) is 19.3 Å². The number of aryl methyl sites for hydroxylation is 1. The topological polar surface area (TPSA) is 102 Å². The molecule has 3 aromatic carbocycles. The highest BCUT2D eigenvalue weighted by molar-refractivity contribution is 6.51. The average Bonchev–Trinajstić information content (AvgIpc) is 3.18. The van der Waals surface area contributed by atoms with Gasteiger partial charge < -0.3 is 19.3 Å². The van der Waals surface area contributed by atoms with E-state index in [4.69, 9.17) is 14.2 Å². The van der Waals surface area contributed by atoms with Gasteiger partial charge in [0.2, 0.25) is 0 Å². The minimum atomic E-state index is -0.977. The van der Waals surface area contributed by atoms with Crippen LogP contribution in [0.2, 0.25) is 0 Å². The number of hydrogen-bond acceptors (Lipinski definition) is 7. The Balaban J connectivity index is 1.69. The molecule has 0 spiro atoms. The molecule has 8 nitrogen and oxygen atoms in total. The number of ketones is 1. The molecule has 1 unspecified atom stereocenters. The van der Waals surface area contributed by atoms with Crippen LogP contribution in [0.3, 0.4) is 0 Å². The number of methoxy groups -OCH3 is 1. The quantitative estimate of drug-likeness (QED) is 0.180. The summed E-state index contributed by atoms with van der Waals surface area (Å²) in [6, 6.07) is 17.6. The molecule has 1 fully saturated rings. The molecule has 0 aromatic heterocycles. The van der Waals surface area contributed by atoms with Crippen molar-refractivity contribution in [1.29, 1.82) is 0 Å². The molecule has 2 heterocycles. The Morgan fingerprint density at radius 1 is 1.03 bits per heavy atom. The Bertz CT molecular complexity index is 1440. The lowest BCUT2D eigenvalue weighted by Crippen LogP contribution is -2.29. The summed E-state index contributed by atoms with van der Waals surface area (Å²) in [5.74, 6) is -0.912. The van der Waals surface area contributed by atoms with Crippen molar-refractivity contribution < 1.29 is 33.7 Å². The van der Waals surface area contributed by atoms with Crippen LogP contribution in [0.5, 0.6) is 17.2 Å². The van der Waals surface area contributed by atoms with Gasteiger partial charge in [0.1, 0.15) is 23.0 Å². The molecule has 5 rings (SSSR count). The summed E-state index contributed by atoms with van der Waals surface area (Å²) in [5.41, 5.74) is 2.18. The van der Waals surface area contributed by atoms with Crippen LogP contribution in [0.4, 0.5) is 5.69 Å². The zero-order chi connectivity index (χ0) is 26.1. The number of esters is 1. The van der Waals surface area contributed by atoms with Gasteiger partial charge >= 0.3 is 5.97 Å². The van der Waals surface area contributed by atoms with Crippen LogP contribution in [0.15, 0.2) is 72.3 Å². The van der Waals surface area contributed by atoms with E-state index in [0.29, 0.717) is 29.2 Å². The Kier molecular flexibility index (Phi) is 6.40. The van der Waals surface area contributed by atoms with Gasteiger partial charge in [-0.05, 0) is 66.4 Å². The van der Waals surface area contributed by atoms with Gasteiger partial charge in [0.15, 0.2) is 0 Å². The van der Waals surface area contributed by atoms with Crippen LogP contribution in [-0.4, -0.2) is 36.5 Å². The van der Waals surface area contributed by atoms with Crippen LogP contribution in [-0.2, 0) is 20.8 Å². The van der Waals surface area contributed by atoms with E-state index in [-0.39, 0.29) is 17.1 Å². The highest BCUT2D eigenvalue weighted by atomic mass is 16.5. The lowest BCUT2D eigenvalue weighted by Gasteiger charge is -2.26. The number of rotatable bonds is 5. The third-order valence-electron chi connectivity index (χ3n) is 6.39. The Morgan fingerprint density at radius 3 is 2.59 bits per heavy atom. The number of nitrogens with zero attached hydrogens (tertiary/aromatic N) is 1. The summed E-state index contributed by atoms with van der Waals surface area (Å²) in [4.78, 5) is 39.7. The van der Waals surface area contributed by atoms with E-state index >= 15 is 0 Å². The summed E-state index contributed by atoms with van der Waals surface area (Å²) < 4.78 is 16.2. The van der Waals surface area contributed by atoms with Gasteiger partial charge in [-0.25, -0.2) is 0 Å². The first-order valence-electron chi connectivity index (χ1n) is 11.9. The first kappa shape index (κ1) is 24.1. The van der Waals surface area contributed by atoms with Gasteiger partial charge in [0.25, 0.3) is 11.7 Å². The molecule has 1 saturated heterocycles. The maximum absolute atomic E-state index is 13.4. The molecule has 0 radical (unpaired) electrons. The van der Waals surface area contributed by atoms with E-state index in [0.717, 1.165) is 24.2 Å². The number of Topliss-reactive ketones (excluding diaryl/α,β-unsaturated/α-hetero) is 1. The molecular weight excluding hydrogens is 474 g/mol. The van der Waals surface area contributed by atoms with E-state index in [2.05, 4.69) is 0 Å². The number of ether oxygens (including phenoxy) is 3. The van der Waals surface area contributed by atoms with Gasteiger partial charge in [0, 0.05) is 24.2 Å². The van der Waals surface area contributed by atoms with Crippen molar-refractivity contribution in [2.24, 2.45) is 0 Å². The summed E-state index contributed by atoms with van der Waals surface area (Å²) in [5, 5.41) is 11.5. The Hall–Kier alpha value is -4.59. The molecule has 1 atom stereocenters. The summed E-state index contributed by atoms with van der Waals surface area (Å²) in [7, 11) is 1.51. The minimum Gasteiger partial charge on any atom is -0.507 e. The van der Waals surface area contributed by atoms with Crippen molar-refractivity contribution in [3.8, 4) is 17.2 Å². The molecule has 188 valence electrons. The molecule has 0 aliphatic carbocycles. The maximum Gasteiger partial charge on any atom is 0.308 e. The van der Waals surface area contributed by atoms with Gasteiger partial charge in [-0.15, -0.1) is 0 Å². The molecule has 0 bridgehead atoms. The zero-order valence-corrected chi connectivity index (χ0v) is 20.4. The highest BCUT2D eigenvalue weighted by Crippen LogP contribution is 2.44. The second kappa shape index (κ2) is 9.81. The number of hydrogen-bond donors (Lipinski definition) is 1. The summed E-state index contributed by atoms with van der Waals surface area (Å²) in [6.07, 6.45) is 1.63. The number of fused-ring (bicyclic) bond motifs is 1. The van der Waals surface area contributed by atoms with E-state index in [9.17, 15) is 19.5 Å². The Labute approximate surface area is 213 Å². The number of aliphatic hydroxyl groups excluding tert-OH is 1. The molecule has 37 heavy (non-hydrogen) atoms. The summed E-state index contributed by atoms with van der Waals surface area (Å²) in [6.45, 7) is 1.91. The fourth-order valence-electron chi connectivity index (χ4n) is 4.75. The summed E-state index contributed by atoms with van der Waals surface area (Å²) >= 11 is 0. The molecule has 3 aromatic rings. The predicted molar refractivity (Wildman–Crippen MR) is 136 cm³/mol. The second-order valence-electron chi connectivity index (χ2n) is 8.81. The van der Waals surface area contributed by atoms with E-state index in [1.165, 1.54) is 18.9 Å². The first-order chi connectivity index (χ1) is 17.9. The zero-order valence-electron chi connectivity index (χ0n) is 20.4. The van der Waals surface area contributed by atoms with Crippen molar-refractivity contribution in [2.45, 2.75) is 25.8 Å². The van der Waals surface area contributed by atoms with Crippen LogP contribution < -0.4 is 19.1 Å². The Morgan fingerprint density at radius 2 is 1.81 bits per heavy atom. The van der Waals surface area contributed by atoms with Gasteiger partial charge in [0.05, 0.1) is 25.3 Å². The monoisotopic (exact) mass is 499 g/mol. The van der Waals surface area contributed by atoms with Crippen molar-refractivity contribution in [3.63, 3.8) is 0 Å². The number of aliphatic hydroxyl groups is 1. The van der Waals surface area contributed by atoms with E-state index in [1.807, 2.05) is 0 Å². The smallest absolute Gasteiger partial charge is 0.308 e. The molecule has 2 aliphatic rings. The molecule has 1 amide bonds. The molecule has 1 N–H and O–H groups in total. The largest absolute Gasteiger partial charge is 0.507 e. The number of carbonyl (C=O) groups is 3. The van der Waals surface area contributed by atoms with Crippen molar-refractivity contribution in [1.82, 2.24) is 0 Å². The maximum atomic E-state index is 13.4.